The van der Waals surface area contributed by atoms with Crippen molar-refractivity contribution in [3.05, 3.63) is 0 Å². The highest BCUT2D eigenvalue weighted by atomic mass is 28.3. The Hall–Kier alpha value is -0.703. The summed E-state index contributed by atoms with van der Waals surface area (Å²) in [5, 5.41) is 0. The van der Waals surface area contributed by atoms with E-state index in [-0.39, 0.29) is 6.10 Å². The van der Waals surface area contributed by atoms with E-state index in [2.05, 4.69) is 64.8 Å². The van der Waals surface area contributed by atoms with E-state index in [0.717, 1.165) is 48.9 Å². The zero-order valence-electron chi connectivity index (χ0n) is 16.2. The average Bonchev–Trinajstić information content (AvgIpc) is 2.97. The Balaban J connectivity index is 2.39. The molecule has 0 aromatic carbocycles. The van der Waals surface area contributed by atoms with Gasteiger partial charge in [-0.15, -0.1) is 17.4 Å². The lowest BCUT2D eigenvalue weighted by molar-refractivity contribution is 0.152. The van der Waals surface area contributed by atoms with Gasteiger partial charge < -0.3 is 4.74 Å². The van der Waals surface area contributed by atoms with Gasteiger partial charge in [0.1, 0.15) is 14.2 Å². The lowest BCUT2D eigenvalue weighted by Gasteiger charge is -2.38. The highest BCUT2D eigenvalue weighted by Gasteiger charge is 2.41. The second kappa shape index (κ2) is 10.2. The molecule has 1 saturated heterocycles. The van der Waals surface area contributed by atoms with Gasteiger partial charge in [-0.05, 0) is 42.3 Å². The van der Waals surface area contributed by atoms with Crippen molar-refractivity contribution < 1.29 is 4.74 Å². The van der Waals surface area contributed by atoms with Crippen LogP contribution < -0.4 is 0 Å². The number of hydrogen-bond donors (Lipinski definition) is 0. The Morgan fingerprint density at radius 1 is 0.913 bits per heavy atom. The van der Waals surface area contributed by atoms with Crippen LogP contribution in [0, 0.1) is 23.3 Å². The lowest BCUT2D eigenvalue weighted by Crippen LogP contribution is -2.43. The Morgan fingerprint density at radius 2 is 1.48 bits per heavy atom. The molecule has 0 aromatic rings. The zero-order valence-corrected chi connectivity index (χ0v) is 17.2. The fourth-order valence-corrected chi connectivity index (χ4v) is 9.25. The molecule has 1 fully saturated rings. The predicted molar refractivity (Wildman–Crippen MR) is 104 cm³/mol. The number of ether oxygens (including phenoxy) is 1. The molecule has 1 unspecified atom stereocenters. The third kappa shape index (κ3) is 6.02. The van der Waals surface area contributed by atoms with Crippen molar-refractivity contribution in [2.75, 3.05) is 6.61 Å². The standard InChI is InChI=1S/C21H36OSi/c1-18(2)23(19(3)4,20(5)6)17-12-10-8-7-9-11-14-21-15-13-16-22-21/h18-21H,7-10,13,15-16H2,1-6H3. The topological polar surface area (TPSA) is 9.23 Å². The monoisotopic (exact) mass is 332 g/mol. The normalized spacial score (nSPS) is 18.0. The second-order valence-corrected chi connectivity index (χ2v) is 13.3. The first-order chi connectivity index (χ1) is 10.9. The van der Waals surface area contributed by atoms with Crippen LogP contribution in [0.3, 0.4) is 0 Å². The van der Waals surface area contributed by atoms with Crippen LogP contribution in [0.15, 0.2) is 0 Å². The zero-order chi connectivity index (χ0) is 17.3. The molecule has 0 aromatic heterocycles. The molecule has 130 valence electrons. The molecule has 0 saturated carbocycles. The third-order valence-electron chi connectivity index (χ3n) is 5.22. The van der Waals surface area contributed by atoms with E-state index in [4.69, 9.17) is 4.74 Å². The fourth-order valence-electron chi connectivity index (χ4n) is 3.95. The Bertz CT molecular complexity index is 428. The van der Waals surface area contributed by atoms with Gasteiger partial charge in [0.25, 0.3) is 0 Å². The average molecular weight is 333 g/mol. The Labute approximate surface area is 146 Å². The molecule has 1 aliphatic heterocycles. The van der Waals surface area contributed by atoms with Crippen LogP contribution >= 0.6 is 0 Å². The van der Waals surface area contributed by atoms with Gasteiger partial charge in [-0.2, -0.15) is 0 Å². The largest absolute Gasteiger partial charge is 0.366 e. The molecule has 0 spiro atoms. The van der Waals surface area contributed by atoms with E-state index in [9.17, 15) is 0 Å². The maximum atomic E-state index is 5.51. The smallest absolute Gasteiger partial charge is 0.145 e. The molecule has 1 atom stereocenters. The summed E-state index contributed by atoms with van der Waals surface area (Å²) in [6.45, 7) is 15.2. The molecule has 1 aliphatic rings. The molecule has 1 nitrogen and oxygen atoms in total. The van der Waals surface area contributed by atoms with Crippen molar-refractivity contribution >= 4 is 8.07 Å². The van der Waals surface area contributed by atoms with Gasteiger partial charge in [0.15, 0.2) is 0 Å². The number of unbranched alkanes of at least 4 members (excludes halogenated alkanes) is 3. The van der Waals surface area contributed by atoms with E-state index in [1.54, 1.807) is 0 Å². The molecule has 0 radical (unpaired) electrons. The van der Waals surface area contributed by atoms with Crippen LogP contribution in [0.1, 0.15) is 80.1 Å². The van der Waals surface area contributed by atoms with Crippen molar-refractivity contribution in [1.29, 1.82) is 0 Å². The van der Waals surface area contributed by atoms with Crippen LogP contribution in [-0.2, 0) is 4.74 Å². The Morgan fingerprint density at radius 3 is 1.96 bits per heavy atom. The van der Waals surface area contributed by atoms with E-state index < -0.39 is 8.07 Å². The summed E-state index contributed by atoms with van der Waals surface area (Å²) in [6.07, 6.45) is 6.85. The highest BCUT2D eigenvalue weighted by molar-refractivity contribution is 6.90. The third-order valence-corrected chi connectivity index (χ3v) is 11.6. The van der Waals surface area contributed by atoms with Crippen LogP contribution in [0.25, 0.3) is 0 Å². The van der Waals surface area contributed by atoms with Crippen molar-refractivity contribution in [2.24, 2.45) is 0 Å². The second-order valence-electron chi connectivity index (χ2n) is 7.73. The fraction of sp³-hybridized carbons (Fsp3) is 0.810. The van der Waals surface area contributed by atoms with Crippen LogP contribution in [0.2, 0.25) is 16.6 Å². The highest BCUT2D eigenvalue weighted by Crippen LogP contribution is 2.40. The van der Waals surface area contributed by atoms with Gasteiger partial charge in [0.05, 0.1) is 0 Å². The van der Waals surface area contributed by atoms with Gasteiger partial charge in [-0.25, -0.2) is 0 Å². The van der Waals surface area contributed by atoms with E-state index in [0.29, 0.717) is 0 Å². The first-order valence-corrected chi connectivity index (χ1v) is 11.7. The van der Waals surface area contributed by atoms with E-state index in [1.807, 2.05) is 0 Å². The summed E-state index contributed by atoms with van der Waals surface area (Å²) in [5.74, 6) is 10.1. The lowest BCUT2D eigenvalue weighted by atomic mass is 10.2. The summed E-state index contributed by atoms with van der Waals surface area (Å²) in [5.41, 5.74) is 5.99. The summed E-state index contributed by atoms with van der Waals surface area (Å²) in [7, 11) is -1.53. The molecule has 1 rings (SSSR count). The van der Waals surface area contributed by atoms with Gasteiger partial charge in [0.2, 0.25) is 0 Å². The van der Waals surface area contributed by atoms with Crippen LogP contribution in [-0.4, -0.2) is 20.8 Å². The van der Waals surface area contributed by atoms with Crippen molar-refractivity contribution in [2.45, 2.75) is 103 Å². The maximum absolute atomic E-state index is 5.51. The SMILES string of the molecule is CC(C)[Si](C#CCCCCC#CC1CCCO1)(C(C)C)C(C)C. The minimum atomic E-state index is -1.53. The van der Waals surface area contributed by atoms with Crippen molar-refractivity contribution in [3.8, 4) is 23.3 Å². The minimum Gasteiger partial charge on any atom is -0.366 e. The molecule has 23 heavy (non-hydrogen) atoms. The first-order valence-electron chi connectivity index (χ1n) is 9.51. The maximum Gasteiger partial charge on any atom is 0.145 e. The Kier molecular flexibility index (Phi) is 9.04. The molecular weight excluding hydrogens is 296 g/mol. The molecule has 2 heteroatoms. The van der Waals surface area contributed by atoms with Gasteiger partial charge in [-0.3, -0.25) is 0 Å². The van der Waals surface area contributed by atoms with Crippen molar-refractivity contribution in [3.63, 3.8) is 0 Å². The number of hydrogen-bond acceptors (Lipinski definition) is 1. The minimum absolute atomic E-state index is 0.213. The summed E-state index contributed by atoms with van der Waals surface area (Å²) in [6, 6.07) is 0. The van der Waals surface area contributed by atoms with Crippen LogP contribution in [0.5, 0.6) is 0 Å². The summed E-state index contributed by atoms with van der Waals surface area (Å²) < 4.78 is 5.51. The quantitative estimate of drug-likeness (QED) is 0.332. The molecule has 0 bridgehead atoms. The first kappa shape index (κ1) is 20.3. The van der Waals surface area contributed by atoms with Crippen molar-refractivity contribution in [1.82, 2.24) is 0 Å². The predicted octanol–water partition coefficient (Wildman–Crippen LogP) is 5.95. The van der Waals surface area contributed by atoms with Gasteiger partial charge in [-0.1, -0.05) is 47.5 Å². The molecular formula is C21H36OSi. The van der Waals surface area contributed by atoms with Crippen LogP contribution in [0.4, 0.5) is 0 Å². The van der Waals surface area contributed by atoms with Gasteiger partial charge >= 0.3 is 0 Å². The number of rotatable bonds is 6. The summed E-state index contributed by atoms with van der Waals surface area (Å²) in [4.78, 5) is 0. The van der Waals surface area contributed by atoms with E-state index >= 15 is 0 Å². The van der Waals surface area contributed by atoms with Gasteiger partial charge in [0, 0.05) is 19.4 Å². The molecule has 0 amide bonds. The molecule has 1 heterocycles. The molecule has 0 aliphatic carbocycles. The summed E-state index contributed by atoms with van der Waals surface area (Å²) >= 11 is 0. The van der Waals surface area contributed by atoms with E-state index in [1.165, 1.54) is 12.8 Å². The molecule has 0 N–H and O–H groups in total.